The zero-order valence-corrected chi connectivity index (χ0v) is 26.6. The molecule has 1 heterocycles. The molecule has 6 heteroatoms. The minimum absolute atomic E-state index is 0.00729. The number of carbonyl (C=O) groups is 1. The van der Waals surface area contributed by atoms with Gasteiger partial charge in [0, 0.05) is 22.4 Å². The number of nitrogens with zero attached hydrogens (tertiary/aromatic N) is 3. The van der Waals surface area contributed by atoms with Gasteiger partial charge in [0.1, 0.15) is 0 Å². The van der Waals surface area contributed by atoms with Gasteiger partial charge in [0.2, 0.25) is 5.91 Å². The van der Waals surface area contributed by atoms with Crippen molar-refractivity contribution in [1.29, 1.82) is 0 Å². The van der Waals surface area contributed by atoms with Crippen LogP contribution < -0.4 is 10.5 Å². The molecule has 1 atom stereocenters. The predicted molar refractivity (Wildman–Crippen MR) is 184 cm³/mol. The van der Waals surface area contributed by atoms with E-state index in [1.165, 1.54) is 23.7 Å². The van der Waals surface area contributed by atoms with Crippen molar-refractivity contribution in [3.05, 3.63) is 136 Å². The number of benzene rings is 4. The molecule has 0 saturated heterocycles. The van der Waals surface area contributed by atoms with Crippen molar-refractivity contribution in [2.45, 2.75) is 68.2 Å². The molecule has 5 aromatic rings. The van der Waals surface area contributed by atoms with Crippen molar-refractivity contribution in [2.24, 2.45) is 0 Å². The summed E-state index contributed by atoms with van der Waals surface area (Å²) in [7, 11) is 0. The van der Waals surface area contributed by atoms with Crippen LogP contribution in [0.15, 0.2) is 119 Å². The van der Waals surface area contributed by atoms with Gasteiger partial charge in [0.25, 0.3) is 5.56 Å². The van der Waals surface area contributed by atoms with Crippen LogP contribution in [0.1, 0.15) is 55.7 Å². The Morgan fingerprint density at radius 2 is 1.49 bits per heavy atom. The second-order valence-corrected chi connectivity index (χ2v) is 13.7. The van der Waals surface area contributed by atoms with Crippen LogP contribution in [0.3, 0.4) is 0 Å². The van der Waals surface area contributed by atoms with E-state index in [-0.39, 0.29) is 16.9 Å². The highest BCUT2D eigenvalue weighted by atomic mass is 32.2. The molecule has 1 aromatic heterocycles. The van der Waals surface area contributed by atoms with Gasteiger partial charge in [-0.25, -0.2) is 4.98 Å². The lowest BCUT2D eigenvalue weighted by atomic mass is 9.62. The van der Waals surface area contributed by atoms with E-state index in [0.717, 1.165) is 71.6 Å². The van der Waals surface area contributed by atoms with Crippen LogP contribution in [0.5, 0.6) is 0 Å². The summed E-state index contributed by atoms with van der Waals surface area (Å²) in [6.45, 7) is 3.95. The summed E-state index contributed by atoms with van der Waals surface area (Å²) in [6, 6.07) is 35.9. The number of hydrogen-bond acceptors (Lipinski definition) is 4. The SMILES string of the molecule is Cc1cccc(-n2c(S[C@@H](C)C(=O)N(c3ccccc3)c3ccccc3)nc3c(c2=O)C2(CCCCC2)Cc2ccccc2-3)c1. The molecule has 0 bridgehead atoms. The summed E-state index contributed by atoms with van der Waals surface area (Å²) in [4.78, 5) is 36.4. The van der Waals surface area contributed by atoms with E-state index in [9.17, 15) is 9.59 Å². The molecule has 0 radical (unpaired) electrons. The lowest BCUT2D eigenvalue weighted by Crippen LogP contribution is -2.43. The number of aromatic nitrogens is 2. The van der Waals surface area contributed by atoms with Crippen LogP contribution in [0.4, 0.5) is 11.4 Å². The fourth-order valence-corrected chi connectivity index (χ4v) is 8.17. The molecule has 0 N–H and O–H groups in total. The lowest BCUT2D eigenvalue weighted by molar-refractivity contribution is -0.117. The predicted octanol–water partition coefficient (Wildman–Crippen LogP) is 8.81. The Kier molecular flexibility index (Phi) is 7.92. The van der Waals surface area contributed by atoms with Crippen molar-refractivity contribution in [3.63, 3.8) is 0 Å². The van der Waals surface area contributed by atoms with Crippen LogP contribution in [-0.4, -0.2) is 20.7 Å². The minimum atomic E-state index is -0.533. The van der Waals surface area contributed by atoms with Crippen LogP contribution in [0.2, 0.25) is 0 Å². The van der Waals surface area contributed by atoms with Gasteiger partial charge in [-0.15, -0.1) is 0 Å². The third-order valence-corrected chi connectivity index (χ3v) is 10.4. The third-order valence-electron chi connectivity index (χ3n) is 9.33. The van der Waals surface area contributed by atoms with E-state index in [4.69, 9.17) is 4.98 Å². The molecule has 7 rings (SSSR count). The number of para-hydroxylation sites is 2. The first-order valence-electron chi connectivity index (χ1n) is 15.9. The molecule has 226 valence electrons. The normalized spacial score (nSPS) is 15.6. The molecule has 2 aliphatic rings. The Morgan fingerprint density at radius 1 is 0.844 bits per heavy atom. The van der Waals surface area contributed by atoms with Crippen molar-refractivity contribution in [1.82, 2.24) is 9.55 Å². The molecule has 0 aliphatic heterocycles. The molecule has 1 amide bonds. The molecular formula is C39H37N3O2S. The zero-order valence-electron chi connectivity index (χ0n) is 25.8. The number of anilines is 2. The summed E-state index contributed by atoms with van der Waals surface area (Å²) in [6.07, 6.45) is 6.27. The summed E-state index contributed by atoms with van der Waals surface area (Å²) in [5.41, 5.74) is 7.14. The Labute approximate surface area is 269 Å². The smallest absolute Gasteiger partial charge is 0.263 e. The van der Waals surface area contributed by atoms with Gasteiger partial charge in [0.15, 0.2) is 5.16 Å². The van der Waals surface area contributed by atoms with Crippen molar-refractivity contribution >= 4 is 29.0 Å². The maximum absolute atomic E-state index is 15.0. The van der Waals surface area contributed by atoms with E-state index in [1.54, 1.807) is 9.47 Å². The van der Waals surface area contributed by atoms with Crippen LogP contribution in [-0.2, 0) is 16.6 Å². The fourth-order valence-electron chi connectivity index (χ4n) is 7.21. The van der Waals surface area contributed by atoms with E-state index >= 15 is 0 Å². The Morgan fingerprint density at radius 3 is 2.16 bits per heavy atom. The van der Waals surface area contributed by atoms with E-state index < -0.39 is 5.25 Å². The summed E-state index contributed by atoms with van der Waals surface area (Å²) >= 11 is 1.35. The number of carbonyl (C=O) groups excluding carboxylic acids is 1. The summed E-state index contributed by atoms with van der Waals surface area (Å²) < 4.78 is 1.78. The van der Waals surface area contributed by atoms with Gasteiger partial charge in [-0.2, -0.15) is 0 Å². The Hall–Kier alpha value is -4.42. The van der Waals surface area contributed by atoms with Gasteiger partial charge < -0.3 is 0 Å². The van der Waals surface area contributed by atoms with Gasteiger partial charge in [-0.3, -0.25) is 19.1 Å². The van der Waals surface area contributed by atoms with Gasteiger partial charge >= 0.3 is 0 Å². The van der Waals surface area contributed by atoms with Gasteiger partial charge in [0.05, 0.1) is 22.2 Å². The topological polar surface area (TPSA) is 55.2 Å². The standard InChI is InChI=1S/C39H37N3O2S/c1-27-15-14-21-32(25-27)42-37(44)34-35(33-22-11-10-16-29(33)26-39(34)23-12-5-13-24-39)40-38(42)45-28(2)36(43)41(30-17-6-3-7-18-30)31-19-8-4-9-20-31/h3-4,6-11,14-22,25,28H,5,12-13,23-24,26H2,1-2H3/t28-/m0/s1. The molecular weight excluding hydrogens is 575 g/mol. The first-order chi connectivity index (χ1) is 21.9. The maximum atomic E-state index is 15.0. The Balaban J connectivity index is 1.39. The minimum Gasteiger partial charge on any atom is -0.280 e. The molecule has 0 unspecified atom stereocenters. The van der Waals surface area contributed by atoms with Gasteiger partial charge in [-0.05, 0) is 80.6 Å². The Bertz CT molecular complexity index is 1870. The average molecular weight is 612 g/mol. The van der Waals surface area contributed by atoms with Crippen molar-refractivity contribution in [3.8, 4) is 16.9 Å². The molecule has 1 fully saturated rings. The van der Waals surface area contributed by atoms with E-state index in [1.807, 2.05) is 105 Å². The lowest BCUT2D eigenvalue weighted by Gasteiger charge is -2.42. The van der Waals surface area contributed by atoms with E-state index in [0.29, 0.717) is 5.16 Å². The highest BCUT2D eigenvalue weighted by molar-refractivity contribution is 8.00. The van der Waals surface area contributed by atoms with Crippen LogP contribution in [0, 0.1) is 6.92 Å². The molecule has 1 saturated carbocycles. The first kappa shape index (κ1) is 29.3. The number of fused-ring (bicyclic) bond motifs is 4. The molecule has 5 nitrogen and oxygen atoms in total. The number of thioether (sulfide) groups is 1. The quantitative estimate of drug-likeness (QED) is 0.142. The number of rotatable bonds is 6. The monoisotopic (exact) mass is 611 g/mol. The van der Waals surface area contributed by atoms with Crippen molar-refractivity contribution < 1.29 is 4.79 Å². The highest BCUT2D eigenvalue weighted by Crippen LogP contribution is 2.49. The third kappa shape index (κ3) is 5.42. The number of amides is 1. The summed E-state index contributed by atoms with van der Waals surface area (Å²) in [5.74, 6) is -0.0793. The highest BCUT2D eigenvalue weighted by Gasteiger charge is 2.44. The average Bonchev–Trinajstić information content (AvgIpc) is 3.06. The first-order valence-corrected chi connectivity index (χ1v) is 16.8. The fraction of sp³-hybridized carbons (Fsp3) is 0.256. The van der Waals surface area contributed by atoms with E-state index in [2.05, 4.69) is 18.2 Å². The molecule has 2 aliphatic carbocycles. The second kappa shape index (κ2) is 12.2. The molecule has 4 aromatic carbocycles. The van der Waals surface area contributed by atoms with Gasteiger partial charge in [-0.1, -0.05) is 104 Å². The second-order valence-electron chi connectivity index (χ2n) is 12.4. The largest absolute Gasteiger partial charge is 0.280 e. The van der Waals surface area contributed by atoms with Crippen LogP contribution >= 0.6 is 11.8 Å². The molecule has 45 heavy (non-hydrogen) atoms. The zero-order chi connectivity index (χ0) is 31.0. The van der Waals surface area contributed by atoms with Crippen molar-refractivity contribution in [2.75, 3.05) is 4.90 Å². The maximum Gasteiger partial charge on any atom is 0.263 e. The van der Waals surface area contributed by atoms with Crippen LogP contribution in [0.25, 0.3) is 16.9 Å². The summed E-state index contributed by atoms with van der Waals surface area (Å²) in [5, 5.41) is 0.00262. The number of aryl methyl sites for hydroxylation is 1. The molecule has 1 spiro atoms. The number of hydrogen-bond donors (Lipinski definition) is 0.